The Balaban J connectivity index is 1.85. The Morgan fingerprint density at radius 2 is 2.25 bits per heavy atom. The predicted octanol–water partition coefficient (Wildman–Crippen LogP) is 2.32. The number of fused-ring (bicyclic) bond motifs is 1. The summed E-state index contributed by atoms with van der Waals surface area (Å²) in [5.74, 6) is 0. The molecule has 0 saturated carbocycles. The van der Waals surface area contributed by atoms with E-state index < -0.39 is 6.10 Å². The maximum atomic E-state index is 9.89. The number of aliphatic hydroxyl groups excluding tert-OH is 1. The van der Waals surface area contributed by atoms with Gasteiger partial charge in [-0.15, -0.1) is 0 Å². The van der Waals surface area contributed by atoms with Crippen LogP contribution in [-0.2, 0) is 11.3 Å². The van der Waals surface area contributed by atoms with Gasteiger partial charge in [0.05, 0.1) is 22.7 Å². The summed E-state index contributed by atoms with van der Waals surface area (Å²) in [5, 5.41) is 11.8. The van der Waals surface area contributed by atoms with Crippen molar-refractivity contribution in [3.05, 3.63) is 34.5 Å². The molecule has 2 N–H and O–H groups in total. The number of likely N-dealkylation sites (tertiary alicyclic amines) is 1. The average molecular weight is 295 g/mol. The Morgan fingerprint density at radius 1 is 1.45 bits per heavy atom. The van der Waals surface area contributed by atoms with Crippen molar-refractivity contribution in [1.82, 2.24) is 9.88 Å². The van der Waals surface area contributed by atoms with Gasteiger partial charge in [0.2, 0.25) is 0 Å². The molecule has 0 bridgehead atoms. The molecule has 0 unspecified atom stereocenters. The maximum Gasteiger partial charge on any atom is 0.0969 e. The second-order valence-corrected chi connectivity index (χ2v) is 5.83. The number of halogens is 1. The van der Waals surface area contributed by atoms with Crippen molar-refractivity contribution in [3.63, 3.8) is 0 Å². The van der Waals surface area contributed by atoms with Gasteiger partial charge in [0.1, 0.15) is 0 Å². The van der Waals surface area contributed by atoms with Crippen LogP contribution in [0.4, 0.5) is 0 Å². The van der Waals surface area contributed by atoms with Gasteiger partial charge in [-0.3, -0.25) is 4.90 Å². The number of nitrogens with one attached hydrogen (secondary N) is 1. The van der Waals surface area contributed by atoms with Gasteiger partial charge in [0, 0.05) is 37.8 Å². The van der Waals surface area contributed by atoms with E-state index in [-0.39, 0.29) is 6.10 Å². The summed E-state index contributed by atoms with van der Waals surface area (Å²) in [7, 11) is 1.64. The second kappa shape index (κ2) is 5.37. The molecular weight excluding hydrogens is 276 g/mol. The SMILES string of the molecule is CO[C@H]1CN(Cc2[nH]c3c(Cl)cccc3c2C)C[C@@H]1O. The van der Waals surface area contributed by atoms with Crippen LogP contribution in [0.1, 0.15) is 11.3 Å². The number of ether oxygens (including phenoxy) is 1. The molecule has 5 heteroatoms. The fourth-order valence-corrected chi connectivity index (χ4v) is 3.17. The summed E-state index contributed by atoms with van der Waals surface area (Å²) < 4.78 is 5.28. The van der Waals surface area contributed by atoms with Crippen molar-refractivity contribution in [3.8, 4) is 0 Å². The molecule has 20 heavy (non-hydrogen) atoms. The van der Waals surface area contributed by atoms with Gasteiger partial charge < -0.3 is 14.8 Å². The zero-order valence-electron chi connectivity index (χ0n) is 11.7. The van der Waals surface area contributed by atoms with Crippen molar-refractivity contribution in [1.29, 1.82) is 0 Å². The van der Waals surface area contributed by atoms with Gasteiger partial charge in [-0.2, -0.15) is 0 Å². The highest BCUT2D eigenvalue weighted by Crippen LogP contribution is 2.28. The number of nitrogens with zero attached hydrogens (tertiary/aromatic N) is 1. The molecule has 0 aliphatic carbocycles. The van der Waals surface area contributed by atoms with Crippen molar-refractivity contribution in [2.24, 2.45) is 0 Å². The number of hydrogen-bond donors (Lipinski definition) is 2. The van der Waals surface area contributed by atoms with E-state index >= 15 is 0 Å². The Labute approximate surface area is 123 Å². The summed E-state index contributed by atoms with van der Waals surface area (Å²) in [6.07, 6.45) is -0.503. The number of rotatable bonds is 3. The normalized spacial score (nSPS) is 23.8. The first kappa shape index (κ1) is 13.9. The lowest BCUT2D eigenvalue weighted by Gasteiger charge is -2.14. The largest absolute Gasteiger partial charge is 0.389 e. The van der Waals surface area contributed by atoms with Gasteiger partial charge in [0.15, 0.2) is 0 Å². The molecule has 1 fully saturated rings. The molecule has 0 spiro atoms. The number of aromatic amines is 1. The fourth-order valence-electron chi connectivity index (χ4n) is 2.95. The van der Waals surface area contributed by atoms with Crippen LogP contribution in [0.25, 0.3) is 10.9 Å². The molecule has 2 aromatic rings. The molecule has 0 amide bonds. The topological polar surface area (TPSA) is 48.5 Å². The monoisotopic (exact) mass is 294 g/mol. The Kier molecular flexibility index (Phi) is 3.73. The standard InChI is InChI=1S/C15H19ClN2O2/c1-9-10-4-3-5-11(16)15(10)17-12(9)6-18-7-13(19)14(8-18)20-2/h3-5,13-14,17,19H,6-8H2,1-2H3/t13-,14-/m0/s1. The van der Waals surface area contributed by atoms with E-state index in [0.29, 0.717) is 6.54 Å². The molecule has 4 nitrogen and oxygen atoms in total. The van der Waals surface area contributed by atoms with Crippen LogP contribution < -0.4 is 0 Å². The zero-order chi connectivity index (χ0) is 14.3. The number of hydrogen-bond acceptors (Lipinski definition) is 3. The van der Waals surface area contributed by atoms with E-state index in [1.54, 1.807) is 7.11 Å². The molecule has 1 aliphatic rings. The lowest BCUT2D eigenvalue weighted by atomic mass is 10.1. The highest BCUT2D eigenvalue weighted by atomic mass is 35.5. The number of aryl methyl sites for hydroxylation is 1. The van der Waals surface area contributed by atoms with Crippen molar-refractivity contribution >= 4 is 22.5 Å². The molecule has 3 rings (SSSR count). The lowest BCUT2D eigenvalue weighted by molar-refractivity contribution is 0.0214. The first-order valence-corrected chi connectivity index (χ1v) is 7.17. The number of H-pyrrole nitrogens is 1. The highest BCUT2D eigenvalue weighted by Gasteiger charge is 2.31. The number of benzene rings is 1. The molecule has 1 aliphatic heterocycles. The first-order chi connectivity index (χ1) is 9.60. The quantitative estimate of drug-likeness (QED) is 0.913. The summed E-state index contributed by atoms with van der Waals surface area (Å²) in [6.45, 7) is 4.26. The minimum Gasteiger partial charge on any atom is -0.389 e. The Bertz CT molecular complexity index is 626. The van der Waals surface area contributed by atoms with Crippen LogP contribution in [0.2, 0.25) is 5.02 Å². The molecule has 1 aromatic heterocycles. The summed E-state index contributed by atoms with van der Waals surface area (Å²) in [4.78, 5) is 5.61. The zero-order valence-corrected chi connectivity index (χ0v) is 12.4. The third-order valence-corrected chi connectivity index (χ3v) is 4.46. The average Bonchev–Trinajstić information content (AvgIpc) is 2.93. The summed E-state index contributed by atoms with van der Waals surface area (Å²) >= 11 is 6.22. The second-order valence-electron chi connectivity index (χ2n) is 5.43. The Hall–Kier alpha value is -1.07. The number of aromatic nitrogens is 1. The van der Waals surface area contributed by atoms with E-state index in [1.807, 2.05) is 12.1 Å². The van der Waals surface area contributed by atoms with E-state index in [0.717, 1.165) is 34.7 Å². The van der Waals surface area contributed by atoms with Crippen LogP contribution in [-0.4, -0.2) is 47.4 Å². The Morgan fingerprint density at radius 3 is 2.90 bits per heavy atom. The van der Waals surface area contributed by atoms with Crippen molar-refractivity contribution < 1.29 is 9.84 Å². The third-order valence-electron chi connectivity index (χ3n) is 4.14. The van der Waals surface area contributed by atoms with Gasteiger partial charge in [0.25, 0.3) is 0 Å². The van der Waals surface area contributed by atoms with E-state index in [2.05, 4.69) is 22.9 Å². The summed E-state index contributed by atoms with van der Waals surface area (Å²) in [6, 6.07) is 5.94. The number of β-amino-alcohol motifs (C(OH)–C–C–N with tert-alkyl or cyclic N) is 1. The fraction of sp³-hybridized carbons (Fsp3) is 0.467. The molecule has 1 saturated heterocycles. The van der Waals surface area contributed by atoms with E-state index in [4.69, 9.17) is 16.3 Å². The van der Waals surface area contributed by atoms with E-state index in [9.17, 15) is 5.11 Å². The van der Waals surface area contributed by atoms with Crippen LogP contribution in [0.5, 0.6) is 0 Å². The predicted molar refractivity (Wildman–Crippen MR) is 80.1 cm³/mol. The molecule has 1 aromatic carbocycles. The molecular formula is C15H19ClN2O2. The van der Waals surface area contributed by atoms with Crippen LogP contribution in [0.15, 0.2) is 18.2 Å². The number of aliphatic hydroxyl groups is 1. The molecule has 2 heterocycles. The van der Waals surface area contributed by atoms with Crippen LogP contribution in [0.3, 0.4) is 0 Å². The van der Waals surface area contributed by atoms with Crippen molar-refractivity contribution in [2.75, 3.05) is 20.2 Å². The number of methoxy groups -OCH3 is 1. The van der Waals surface area contributed by atoms with Crippen molar-refractivity contribution in [2.45, 2.75) is 25.7 Å². The van der Waals surface area contributed by atoms with Gasteiger partial charge in [-0.1, -0.05) is 23.7 Å². The maximum absolute atomic E-state index is 9.89. The minimum absolute atomic E-state index is 0.0942. The van der Waals surface area contributed by atoms with Gasteiger partial charge in [-0.25, -0.2) is 0 Å². The van der Waals surface area contributed by atoms with Crippen LogP contribution in [0, 0.1) is 6.92 Å². The van der Waals surface area contributed by atoms with Gasteiger partial charge >= 0.3 is 0 Å². The lowest BCUT2D eigenvalue weighted by Crippen LogP contribution is -2.25. The molecule has 0 radical (unpaired) electrons. The number of para-hydroxylation sites is 1. The molecule has 2 atom stereocenters. The summed E-state index contributed by atoms with van der Waals surface area (Å²) in [5.41, 5.74) is 3.36. The first-order valence-electron chi connectivity index (χ1n) is 6.79. The van der Waals surface area contributed by atoms with E-state index in [1.165, 1.54) is 5.56 Å². The highest BCUT2D eigenvalue weighted by molar-refractivity contribution is 6.35. The third kappa shape index (κ3) is 2.33. The molecule has 108 valence electrons. The smallest absolute Gasteiger partial charge is 0.0969 e. The minimum atomic E-state index is -0.409. The van der Waals surface area contributed by atoms with Crippen LogP contribution >= 0.6 is 11.6 Å². The van der Waals surface area contributed by atoms with Gasteiger partial charge in [-0.05, 0) is 18.6 Å².